The Bertz CT molecular complexity index is 4400. The highest BCUT2D eigenvalue weighted by molar-refractivity contribution is 8.13. The molecule has 6 aliphatic rings. The molecular formula is C70H106ClN9O17S9. The summed E-state index contributed by atoms with van der Waals surface area (Å²) >= 11 is 3.61. The molecule has 26 nitrogen and oxygen atoms in total. The molecule has 3 aliphatic heterocycles. The number of aliphatic hydroxyl groups is 4. The van der Waals surface area contributed by atoms with Gasteiger partial charge in [0, 0.05) is 125 Å². The summed E-state index contributed by atoms with van der Waals surface area (Å²) in [6.07, 6.45) is 13.3. The van der Waals surface area contributed by atoms with E-state index in [1.54, 1.807) is 109 Å². The number of thiophene rings is 3. The molecule has 3 saturated carbocycles. The molecule has 3 aromatic carbocycles. The minimum atomic E-state index is -3.68. The summed E-state index contributed by atoms with van der Waals surface area (Å²) < 4.78 is 158. The Morgan fingerprint density at radius 1 is 0.491 bits per heavy atom. The molecule has 7 N–H and O–H groups in total. The summed E-state index contributed by atoms with van der Waals surface area (Å²) in [5.41, 5.74) is 7.69. The van der Waals surface area contributed by atoms with Gasteiger partial charge in [0.25, 0.3) is 40.2 Å². The minimum Gasteiger partial charge on any atom is -0.400 e. The number of nitrogens with zero attached hydrogens (tertiary/aromatic N) is 7. The van der Waals surface area contributed by atoms with Gasteiger partial charge in [-0.25, -0.2) is 42.1 Å². The predicted molar refractivity (Wildman–Crippen MR) is 424 cm³/mol. The quantitative estimate of drug-likeness (QED) is 0.0279. The molecule has 12 rings (SSSR count). The Kier molecular flexibility index (Phi) is 31.7. The average molecular weight is 1670 g/mol. The highest BCUT2D eigenvalue weighted by Gasteiger charge is 2.42. The van der Waals surface area contributed by atoms with E-state index in [0.29, 0.717) is 59.8 Å². The van der Waals surface area contributed by atoms with E-state index in [-0.39, 0.29) is 55.1 Å². The number of anilines is 3. The van der Waals surface area contributed by atoms with Crippen LogP contribution in [0.3, 0.4) is 0 Å². The number of sulfonamides is 4. The Morgan fingerprint density at radius 2 is 0.802 bits per heavy atom. The number of nitrogens with one attached hydrogen (secondary N) is 1. The third-order valence-electron chi connectivity index (χ3n) is 19.0. The van der Waals surface area contributed by atoms with Gasteiger partial charge in [-0.15, -0.1) is 34.0 Å². The summed E-state index contributed by atoms with van der Waals surface area (Å²) in [6, 6.07) is 33.2. The zero-order chi connectivity index (χ0) is 78.4. The topological polar surface area (TPSA) is 356 Å². The van der Waals surface area contributed by atoms with Gasteiger partial charge in [0.15, 0.2) is 0 Å². The van der Waals surface area contributed by atoms with Crippen LogP contribution in [0.4, 0.5) is 17.1 Å². The molecule has 3 aliphatic carbocycles. The van der Waals surface area contributed by atoms with Crippen molar-refractivity contribution in [1.29, 1.82) is 0 Å². The van der Waals surface area contributed by atoms with Gasteiger partial charge in [0.05, 0.1) is 60.3 Å². The van der Waals surface area contributed by atoms with Crippen LogP contribution in [0.1, 0.15) is 116 Å². The predicted octanol–water partition coefficient (Wildman–Crippen LogP) is 7.79. The second-order valence-corrected chi connectivity index (χ2v) is 44.5. The van der Waals surface area contributed by atoms with Crippen LogP contribution in [0, 0.1) is 0 Å². The zero-order valence-corrected chi connectivity index (χ0v) is 69.9. The summed E-state index contributed by atoms with van der Waals surface area (Å²) in [5.74, 6) is 0. The van der Waals surface area contributed by atoms with Crippen molar-refractivity contribution in [1.82, 2.24) is 22.5 Å². The smallest absolute Gasteiger partial charge is 0.264 e. The molecule has 594 valence electrons. The minimum absolute atomic E-state index is 0.0290. The number of aliphatic hydroxyl groups excluding tert-OH is 1. The molecule has 3 aromatic heterocycles. The van der Waals surface area contributed by atoms with Crippen LogP contribution in [0.2, 0.25) is 0 Å². The number of benzene rings is 3. The molecule has 106 heavy (non-hydrogen) atoms. The van der Waals surface area contributed by atoms with Crippen LogP contribution in [0.5, 0.6) is 0 Å². The highest BCUT2D eigenvalue weighted by Crippen LogP contribution is 2.35. The highest BCUT2D eigenvalue weighted by atomic mass is 35.7. The van der Waals surface area contributed by atoms with E-state index in [0.717, 1.165) is 90.5 Å². The standard InChI is InChI=1S/C23H33N3O5S3.C22H31N3O3S2.C19H26N2O6S3.C4H9N.CH3ClO2S.CH4O/c1-23(2,27)18-9-11-19(12-10-18)25-14-13-24(34(30,31)22-8-5-15-32-22)16-21(25)17-26(33(3,28)29)20-6-4-7-20;1-22(2,26)17-8-10-19(11-9-17)25-13-12-24(30(27,28)21-7-4-14-29-21)16-20(25)15-23-18-5-3-6-18;1-19(2,22)15-6-8-16(9-7-15)21-11-10-20(13-17(21)14-27-29(3,23)24)30(25,26)18-5-4-12-28-18;5-4-2-1-3-4;1-5(2,3)4;1-2/h5,8-12,15,20-21,27H,4,6-7,13-14,16-17H2,1-3H3;4,7-11,14,18,20,23,26H,3,5-6,12-13,15-16H2,1-2H3;4-9,12,17,22H,10-11,13-14H2,1-3H3;4H,1-3,5H2;1H3;2H,1H3/t21-;20-;17-;;;/m101.../s1. The van der Waals surface area contributed by atoms with Gasteiger partial charge in [-0.05, 0) is 167 Å². The summed E-state index contributed by atoms with van der Waals surface area (Å²) in [6.45, 7) is 14.5. The fraction of sp³-hybridized carbons (Fsp3) is 0.571. The van der Waals surface area contributed by atoms with Crippen molar-refractivity contribution >= 4 is 121 Å². The number of hydrogen-bond donors (Lipinski definition) is 6. The molecule has 3 atom stereocenters. The van der Waals surface area contributed by atoms with Crippen molar-refractivity contribution in [2.75, 3.05) is 119 Å². The van der Waals surface area contributed by atoms with Crippen LogP contribution in [0.25, 0.3) is 0 Å². The van der Waals surface area contributed by atoms with Gasteiger partial charge < -0.3 is 46.2 Å². The van der Waals surface area contributed by atoms with Crippen LogP contribution >= 0.6 is 44.7 Å². The number of rotatable bonds is 22. The van der Waals surface area contributed by atoms with E-state index in [1.807, 2.05) is 70.9 Å². The summed E-state index contributed by atoms with van der Waals surface area (Å²) in [4.78, 5) is 6.35. The number of nitrogens with two attached hydrogens (primary N) is 1. The first-order valence-electron chi connectivity index (χ1n) is 34.9. The molecule has 0 unspecified atom stereocenters. The lowest BCUT2D eigenvalue weighted by atomic mass is 9.93. The lowest BCUT2D eigenvalue weighted by Crippen LogP contribution is -2.60. The van der Waals surface area contributed by atoms with Crippen molar-refractivity contribution in [2.24, 2.45) is 5.73 Å². The zero-order valence-electron chi connectivity index (χ0n) is 61.8. The van der Waals surface area contributed by atoms with Gasteiger partial charge in [0.2, 0.25) is 19.1 Å². The SMILES string of the molecule is CC(C)(O)c1ccc(N2CCN(S(=O)(=O)c3cccs3)C[C@@H]2CN(C2CCC2)S(C)(=O)=O)cc1.CC(C)(O)c1ccc(N2CCN(S(=O)(=O)c3cccs3)C[C@@H]2CNC2CCC2)cc1.CC(C)(O)c1ccc(N2CCN(S(=O)(=O)c3cccs3)C[C@@H]2COS(C)(=O)=O)cc1.CO.CS(=O)(=O)Cl.NC1CCC1. The largest absolute Gasteiger partial charge is 0.400 e. The first-order valence-corrected chi connectivity index (χ1v) is 48.3. The van der Waals surface area contributed by atoms with E-state index in [2.05, 4.69) is 25.8 Å². The van der Waals surface area contributed by atoms with Gasteiger partial charge >= 0.3 is 0 Å². The average Bonchev–Trinajstić information content (AvgIpc) is 1.12. The molecule has 0 radical (unpaired) electrons. The fourth-order valence-electron chi connectivity index (χ4n) is 12.4. The Morgan fingerprint density at radius 3 is 1.07 bits per heavy atom. The third kappa shape index (κ3) is 25.6. The molecule has 6 heterocycles. The second kappa shape index (κ2) is 37.8. The van der Waals surface area contributed by atoms with Crippen LogP contribution in [0.15, 0.2) is 138 Å². The summed E-state index contributed by atoms with van der Waals surface area (Å²) in [7, 11) is -15.6. The van der Waals surface area contributed by atoms with Crippen molar-refractivity contribution in [2.45, 2.75) is 165 Å². The van der Waals surface area contributed by atoms with Crippen molar-refractivity contribution < 1.29 is 75.1 Å². The number of halogens is 1. The summed E-state index contributed by atoms with van der Waals surface area (Å²) in [5, 5.41) is 46.6. The van der Waals surface area contributed by atoms with Crippen molar-refractivity contribution in [3.8, 4) is 0 Å². The molecule has 0 spiro atoms. The van der Waals surface area contributed by atoms with Gasteiger partial charge in [0.1, 0.15) is 12.6 Å². The van der Waals surface area contributed by atoms with Crippen LogP contribution in [-0.4, -0.2) is 229 Å². The molecule has 6 aromatic rings. The van der Waals surface area contributed by atoms with E-state index in [1.165, 1.54) is 76.1 Å². The first-order chi connectivity index (χ1) is 49.4. The van der Waals surface area contributed by atoms with Gasteiger partial charge in [-0.1, -0.05) is 73.9 Å². The lowest BCUT2D eigenvalue weighted by Gasteiger charge is -2.45. The molecular weight excluding hydrogens is 1560 g/mol. The molecule has 3 saturated heterocycles. The van der Waals surface area contributed by atoms with E-state index in [4.69, 9.17) is 15.0 Å². The lowest BCUT2D eigenvalue weighted by molar-refractivity contribution is 0.0780. The van der Waals surface area contributed by atoms with E-state index in [9.17, 15) is 65.8 Å². The Balaban J connectivity index is 0.000000206. The van der Waals surface area contributed by atoms with E-state index >= 15 is 0 Å². The first kappa shape index (κ1) is 88.9. The van der Waals surface area contributed by atoms with E-state index < -0.39 is 82.1 Å². The molecule has 0 amide bonds. The maximum Gasteiger partial charge on any atom is 0.264 e. The Labute approximate surface area is 645 Å². The van der Waals surface area contributed by atoms with Gasteiger partial charge in [-0.2, -0.15) is 25.6 Å². The third-order valence-corrected chi connectivity index (χ3v) is 30.6. The maximum atomic E-state index is 13.2. The fourth-order valence-corrected chi connectivity index (χ4v) is 21.9. The monoisotopic (exact) mass is 1670 g/mol. The molecule has 36 heteroatoms. The number of hydrogen-bond acceptors (Lipinski definition) is 25. The van der Waals surface area contributed by atoms with Crippen molar-refractivity contribution in [3.63, 3.8) is 0 Å². The normalized spacial score (nSPS) is 20.1. The second-order valence-electron chi connectivity index (χ2n) is 28.6. The van der Waals surface area contributed by atoms with Crippen molar-refractivity contribution in [3.05, 3.63) is 142 Å². The van der Waals surface area contributed by atoms with Gasteiger partial charge in [-0.3, -0.25) is 4.18 Å². The maximum absolute atomic E-state index is 13.2. The number of piperazine rings is 3. The van der Waals surface area contributed by atoms with Crippen LogP contribution < -0.4 is 25.8 Å². The Hall–Kier alpha value is -4.29. The molecule has 6 fully saturated rings. The molecule has 0 bridgehead atoms. The van der Waals surface area contributed by atoms with Crippen LogP contribution in [-0.2, 0) is 80.2 Å².